The third-order valence-corrected chi connectivity index (χ3v) is 0. The van der Waals surface area contributed by atoms with Crippen LogP contribution in [-0.2, 0) is 103 Å². The van der Waals surface area contributed by atoms with Crippen LogP contribution in [0.5, 0.6) is 0 Å². The van der Waals surface area contributed by atoms with Crippen molar-refractivity contribution in [2.24, 2.45) is 0 Å². The molecule has 0 atom stereocenters. The van der Waals surface area contributed by atoms with Crippen LogP contribution in [0, 0.1) is 0 Å². The van der Waals surface area contributed by atoms with Gasteiger partial charge in [-0.25, -0.2) is 0 Å². The number of hydrogen-bond donors (Lipinski definition) is 0. The molecular weight excluding hydrogens is 616 g/mol. The molecule has 96 valence electrons. The van der Waals surface area contributed by atoms with E-state index in [0.29, 0.717) is 0 Å². The largest absolute Gasteiger partial charge is 2.00 e. The third-order valence-electron chi connectivity index (χ3n) is 0. The third kappa shape index (κ3) is 692. The zero-order chi connectivity index (χ0) is 13.5. The van der Waals surface area contributed by atoms with Crippen molar-refractivity contribution < 1.29 is 128 Å². The molecule has 0 radical (unpaired) electrons. The Morgan fingerprint density at radius 2 is 0.444 bits per heavy atom. The predicted octanol–water partition coefficient (Wildman–Crippen LogP) is -8.24. The van der Waals surface area contributed by atoms with Gasteiger partial charge in [-0.15, -0.1) is 0 Å². The van der Waals surface area contributed by atoms with Crippen molar-refractivity contribution >= 4 is 48.9 Å². The van der Waals surface area contributed by atoms with Crippen LogP contribution in [0.25, 0.3) is 0 Å². The van der Waals surface area contributed by atoms with Gasteiger partial charge in [0, 0.05) is 0 Å². The van der Waals surface area contributed by atoms with Crippen LogP contribution in [0.3, 0.4) is 0 Å². The first-order chi connectivity index (χ1) is 6.00. The molecule has 0 bridgehead atoms. The Hall–Kier alpha value is 2.98. The average Bonchev–Trinajstić information content (AvgIpc) is 1.41. The van der Waals surface area contributed by atoms with Gasteiger partial charge in [-0.2, -0.15) is 0 Å². The minimum absolute atomic E-state index is 0. The molecule has 0 heterocycles. The van der Waals surface area contributed by atoms with Gasteiger partial charge in [-0.3, -0.25) is 0 Å². The van der Waals surface area contributed by atoms with E-state index in [1.165, 1.54) is 0 Å². The molecule has 0 aliphatic carbocycles. The van der Waals surface area contributed by atoms with Crippen LogP contribution >= 0.6 is 0 Å². The Morgan fingerprint density at radius 3 is 0.444 bits per heavy atom. The van der Waals surface area contributed by atoms with Crippen LogP contribution in [0.1, 0.15) is 0 Å². The Bertz CT molecular complexity index is 346. The Morgan fingerprint density at radius 1 is 0.444 bits per heavy atom. The number of hydrogen-bond acceptors (Lipinski definition) is 12. The summed E-state index contributed by atoms with van der Waals surface area (Å²) in [7, 11) is 0. The molecule has 0 aromatic carbocycles. The fraction of sp³-hybridized carbons (Fsp3) is 0. The van der Waals surface area contributed by atoms with Gasteiger partial charge in [-0.1, -0.05) is 0 Å². The normalized spacial score (nSPS) is 9.67. The molecule has 0 aromatic heterocycles. The standard InChI is InChI=1S/Ba.3Cr.12O.2Zn/q+2;;;;;;;;;;6*-1;2*+2. The summed E-state index contributed by atoms with van der Waals surface area (Å²) < 4.78 is 103. The van der Waals surface area contributed by atoms with Gasteiger partial charge in [0.25, 0.3) is 0 Å². The molecule has 0 saturated heterocycles. The first kappa shape index (κ1) is 37.3. The van der Waals surface area contributed by atoms with Crippen molar-refractivity contribution in [2.75, 3.05) is 0 Å². The first-order valence-electron chi connectivity index (χ1n) is 2.00. The molecule has 0 unspecified atom stereocenters. The van der Waals surface area contributed by atoms with Crippen molar-refractivity contribution in [3.63, 3.8) is 0 Å². The molecule has 0 saturated carbocycles. The van der Waals surface area contributed by atoms with E-state index in [9.17, 15) is 0 Å². The summed E-state index contributed by atoms with van der Waals surface area (Å²) in [6.45, 7) is 0. The molecule has 0 aromatic rings. The Balaban J connectivity index is -0.0000000277. The van der Waals surface area contributed by atoms with E-state index in [0.717, 1.165) is 0 Å². The summed E-state index contributed by atoms with van der Waals surface area (Å²) in [5.74, 6) is 0. The fourth-order valence-electron chi connectivity index (χ4n) is 0. The van der Waals surface area contributed by atoms with Crippen molar-refractivity contribution in [3.8, 4) is 0 Å². The maximum Gasteiger partial charge on any atom is 2.00 e. The second-order valence-electron chi connectivity index (χ2n) is 1.22. The number of rotatable bonds is 0. The van der Waals surface area contributed by atoms with Gasteiger partial charge in [0.15, 0.2) is 0 Å². The van der Waals surface area contributed by atoms with Gasteiger partial charge in [-0.05, 0) is 0 Å². The molecule has 0 spiro atoms. The molecule has 18 heavy (non-hydrogen) atoms. The Labute approximate surface area is 173 Å². The predicted molar refractivity (Wildman–Crippen MR) is 9.87 cm³/mol. The van der Waals surface area contributed by atoms with Crippen molar-refractivity contribution in [2.45, 2.75) is 0 Å². The second-order valence-corrected chi connectivity index (χ2v) is 5.05. The van der Waals surface area contributed by atoms with E-state index in [-0.39, 0.29) is 87.8 Å². The van der Waals surface area contributed by atoms with E-state index in [1.54, 1.807) is 0 Å². The van der Waals surface area contributed by atoms with Crippen molar-refractivity contribution in [3.05, 3.63) is 0 Å². The molecule has 0 fully saturated rings. The zero-order valence-corrected chi connectivity index (χ0v) is 22.4. The SMILES string of the molecule is [Ba+2].[O]=[Cr](=[O])([O-])[O-].[O]=[Cr](=[O])([O-])[O-].[O]=[Cr](=[O])([O-])[O-].[Zn+2].[Zn+2]. The van der Waals surface area contributed by atoms with E-state index in [2.05, 4.69) is 0 Å². The van der Waals surface area contributed by atoms with E-state index >= 15 is 0 Å². The first-order valence-corrected chi connectivity index (χ1v) is 8.25. The maximum absolute atomic E-state index is 8.59. The van der Waals surface area contributed by atoms with E-state index < -0.39 is 40.8 Å². The van der Waals surface area contributed by atoms with Crippen molar-refractivity contribution in [1.29, 1.82) is 0 Å². The molecule has 0 rings (SSSR count). The summed E-state index contributed by atoms with van der Waals surface area (Å²) in [6, 6.07) is 0. The van der Waals surface area contributed by atoms with E-state index in [1.807, 2.05) is 0 Å². The van der Waals surface area contributed by atoms with Gasteiger partial charge in [0.05, 0.1) is 0 Å². The summed E-state index contributed by atoms with van der Waals surface area (Å²) in [5, 5.41) is 0. The van der Waals surface area contributed by atoms with Crippen molar-refractivity contribution in [1.82, 2.24) is 0 Å². The van der Waals surface area contributed by atoms with Gasteiger partial charge in [0.2, 0.25) is 0 Å². The summed E-state index contributed by atoms with van der Waals surface area (Å²) in [5.41, 5.74) is 0. The molecule has 0 amide bonds. The topological polar surface area (TPSA) is 241 Å². The maximum atomic E-state index is 8.59. The fourth-order valence-corrected chi connectivity index (χ4v) is 0. The van der Waals surface area contributed by atoms with Crippen LogP contribution in [-0.4, -0.2) is 48.9 Å². The molecule has 0 aliphatic rings. The quantitative estimate of drug-likeness (QED) is 0.231. The molecule has 12 nitrogen and oxygen atoms in total. The molecular formula is BaCr3O12Zn2. The van der Waals surface area contributed by atoms with Crippen LogP contribution in [0.15, 0.2) is 0 Å². The smallest absolute Gasteiger partial charge is 2.00 e. The van der Waals surface area contributed by atoms with Gasteiger partial charge in [0.1, 0.15) is 0 Å². The zero-order valence-electron chi connectivity index (χ0n) is 8.25. The molecule has 0 aliphatic heterocycles. The summed E-state index contributed by atoms with van der Waals surface area (Å²) >= 11 is -17.2. The molecule has 0 N–H and O–H groups in total. The van der Waals surface area contributed by atoms with Gasteiger partial charge < -0.3 is 0 Å². The van der Waals surface area contributed by atoms with Crippen LogP contribution < -0.4 is 24.9 Å². The Kier molecular flexibility index (Phi) is 33.9. The summed E-state index contributed by atoms with van der Waals surface area (Å²) in [6.07, 6.45) is 0. The second kappa shape index (κ2) is 16.3. The molecule has 18 heteroatoms. The summed E-state index contributed by atoms with van der Waals surface area (Å²) in [4.78, 5) is 0. The van der Waals surface area contributed by atoms with Crippen LogP contribution in [0.4, 0.5) is 0 Å². The minimum Gasteiger partial charge on any atom is 2.00 e. The monoisotopic (exact) mass is 614 g/mol. The average molecular weight is 616 g/mol. The minimum atomic E-state index is -5.75. The van der Waals surface area contributed by atoms with Gasteiger partial charge >= 0.3 is 176 Å². The van der Waals surface area contributed by atoms with E-state index in [4.69, 9.17) is 47.8 Å². The van der Waals surface area contributed by atoms with Crippen LogP contribution in [0.2, 0.25) is 0 Å².